The Balaban J connectivity index is 1.49. The number of nitrogens with one attached hydrogen (secondary N) is 4. The zero-order chi connectivity index (χ0) is 20.0. The maximum Gasteiger partial charge on any atom is 0.284 e. The highest BCUT2D eigenvalue weighted by Gasteiger charge is 2.48. The summed E-state index contributed by atoms with van der Waals surface area (Å²) in [5, 5.41) is 26.1. The van der Waals surface area contributed by atoms with E-state index in [-0.39, 0.29) is 5.91 Å². The zero-order valence-corrected chi connectivity index (χ0v) is 16.4. The van der Waals surface area contributed by atoms with E-state index in [9.17, 15) is 10.0 Å². The van der Waals surface area contributed by atoms with Crippen molar-refractivity contribution in [3.05, 3.63) is 40.5 Å². The average molecular weight is 395 g/mol. The Morgan fingerprint density at radius 1 is 1.17 bits per heavy atom. The molecule has 1 amide bonds. The summed E-state index contributed by atoms with van der Waals surface area (Å²) in [6.45, 7) is 3.68. The molecule has 1 saturated carbocycles. The molecule has 1 spiro atoms. The van der Waals surface area contributed by atoms with Crippen molar-refractivity contribution in [3.63, 3.8) is 0 Å². The predicted molar refractivity (Wildman–Crippen MR) is 108 cm³/mol. The molecule has 1 aliphatic carbocycles. The Labute approximate surface area is 168 Å². The molecule has 9 nitrogen and oxygen atoms in total. The number of carbonyl (C=O) groups is 1. The van der Waals surface area contributed by atoms with Crippen LogP contribution in [0.5, 0.6) is 0 Å². The Bertz CT molecular complexity index is 968. The van der Waals surface area contributed by atoms with E-state index in [4.69, 9.17) is 0 Å². The fourth-order valence-corrected chi connectivity index (χ4v) is 4.64. The van der Waals surface area contributed by atoms with E-state index in [1.165, 1.54) is 6.33 Å². The van der Waals surface area contributed by atoms with Gasteiger partial charge < -0.3 is 21.2 Å². The SMILES string of the molecule is Cc1cc(Nc2cc(NC3CNC3)ncn2)[n+]([O-])c2c1C(=O)NC21CCCCC1. The Kier molecular flexibility index (Phi) is 4.27. The molecule has 2 aromatic heterocycles. The lowest BCUT2D eigenvalue weighted by Gasteiger charge is -2.34. The van der Waals surface area contributed by atoms with Gasteiger partial charge in [-0.1, -0.05) is 19.3 Å². The first kappa shape index (κ1) is 18.1. The summed E-state index contributed by atoms with van der Waals surface area (Å²) in [6.07, 6.45) is 6.22. The summed E-state index contributed by atoms with van der Waals surface area (Å²) in [4.78, 5) is 21.2. The van der Waals surface area contributed by atoms with Crippen molar-refractivity contribution >= 4 is 23.4 Å². The van der Waals surface area contributed by atoms with Gasteiger partial charge in [0.05, 0.1) is 11.6 Å². The van der Waals surface area contributed by atoms with Crippen LogP contribution in [0.3, 0.4) is 0 Å². The molecule has 29 heavy (non-hydrogen) atoms. The highest BCUT2D eigenvalue weighted by atomic mass is 16.5. The first-order valence-corrected chi connectivity index (χ1v) is 10.2. The number of nitrogens with zero attached hydrogens (tertiary/aromatic N) is 3. The van der Waals surface area contributed by atoms with Gasteiger partial charge >= 0.3 is 0 Å². The van der Waals surface area contributed by atoms with Crippen LogP contribution in [0, 0.1) is 12.1 Å². The summed E-state index contributed by atoms with van der Waals surface area (Å²) in [7, 11) is 0. The van der Waals surface area contributed by atoms with Crippen molar-refractivity contribution in [3.8, 4) is 0 Å². The van der Waals surface area contributed by atoms with Gasteiger partial charge in [-0.15, -0.1) is 0 Å². The Hall–Kier alpha value is -2.94. The minimum absolute atomic E-state index is 0.141. The second-order valence-electron chi connectivity index (χ2n) is 8.24. The molecule has 2 aromatic rings. The molecule has 0 atom stereocenters. The predicted octanol–water partition coefficient (Wildman–Crippen LogP) is 1.45. The van der Waals surface area contributed by atoms with E-state index in [0.29, 0.717) is 34.8 Å². The minimum atomic E-state index is -0.551. The van der Waals surface area contributed by atoms with Crippen molar-refractivity contribution in [2.45, 2.75) is 50.6 Å². The molecule has 5 rings (SSSR count). The Morgan fingerprint density at radius 2 is 1.93 bits per heavy atom. The fourth-order valence-electron chi connectivity index (χ4n) is 4.64. The van der Waals surface area contributed by atoms with Crippen LogP contribution >= 0.6 is 0 Å². The molecule has 1 saturated heterocycles. The lowest BCUT2D eigenvalue weighted by molar-refractivity contribution is -0.603. The van der Waals surface area contributed by atoms with Crippen LogP contribution in [0.15, 0.2) is 18.5 Å². The fraction of sp³-hybridized carbons (Fsp3) is 0.500. The van der Waals surface area contributed by atoms with E-state index in [2.05, 4.69) is 31.2 Å². The molecule has 9 heteroatoms. The van der Waals surface area contributed by atoms with Crippen LogP contribution in [0.2, 0.25) is 0 Å². The lowest BCUT2D eigenvalue weighted by atomic mass is 9.79. The van der Waals surface area contributed by atoms with Gasteiger partial charge in [0.1, 0.15) is 23.4 Å². The summed E-state index contributed by atoms with van der Waals surface area (Å²) in [6, 6.07) is 3.87. The number of aryl methyl sites for hydroxylation is 1. The molecule has 152 valence electrons. The molecule has 2 fully saturated rings. The van der Waals surface area contributed by atoms with E-state index < -0.39 is 5.54 Å². The maximum absolute atomic E-state index is 13.3. The van der Waals surface area contributed by atoms with Gasteiger partial charge in [-0.3, -0.25) is 4.79 Å². The number of rotatable bonds is 4. The molecule has 0 unspecified atom stereocenters. The van der Waals surface area contributed by atoms with Crippen LogP contribution in [-0.2, 0) is 5.54 Å². The number of amides is 1. The van der Waals surface area contributed by atoms with Gasteiger partial charge in [0, 0.05) is 25.2 Å². The Morgan fingerprint density at radius 3 is 2.66 bits per heavy atom. The number of carbonyl (C=O) groups excluding carboxylic acids is 1. The third kappa shape index (κ3) is 3.05. The molecule has 4 N–H and O–H groups in total. The number of anilines is 3. The van der Waals surface area contributed by atoms with Gasteiger partial charge in [0.15, 0.2) is 0 Å². The quantitative estimate of drug-likeness (QED) is 0.457. The van der Waals surface area contributed by atoms with Crippen LogP contribution < -0.4 is 26.0 Å². The molecule has 0 bridgehead atoms. The summed E-state index contributed by atoms with van der Waals surface area (Å²) in [5.41, 5.74) is 1.32. The third-order valence-electron chi connectivity index (χ3n) is 6.20. The maximum atomic E-state index is 13.3. The number of pyridine rings is 1. The normalized spacial score (nSPS) is 20.1. The summed E-state index contributed by atoms with van der Waals surface area (Å²) < 4.78 is 0.886. The van der Waals surface area contributed by atoms with Gasteiger partial charge in [0.25, 0.3) is 11.7 Å². The molecule has 4 heterocycles. The van der Waals surface area contributed by atoms with Crippen LogP contribution in [0.1, 0.15) is 53.7 Å². The number of aromatic nitrogens is 3. The third-order valence-corrected chi connectivity index (χ3v) is 6.20. The van der Waals surface area contributed by atoms with Gasteiger partial charge in [0.2, 0.25) is 5.82 Å². The summed E-state index contributed by atoms with van der Waals surface area (Å²) >= 11 is 0. The van der Waals surface area contributed by atoms with Gasteiger partial charge in [-0.2, -0.15) is 4.98 Å². The van der Waals surface area contributed by atoms with Crippen molar-refractivity contribution in [2.24, 2.45) is 0 Å². The minimum Gasteiger partial charge on any atom is -0.710 e. The standard InChI is InChI=1S/C20H25N7O2/c1-12-7-16(25-15-8-14(22-11-23-15)24-13-9-21-10-13)27(29)18-17(12)19(28)26-20(18)5-3-2-4-6-20/h7-8,11,13,21H,2-6,9-10H2,1H3,(H,26,28)(H2,22,23,24,25). The van der Waals surface area contributed by atoms with Crippen molar-refractivity contribution in [2.75, 3.05) is 23.7 Å². The largest absolute Gasteiger partial charge is 0.710 e. The lowest BCUT2D eigenvalue weighted by Crippen LogP contribution is -2.51. The highest BCUT2D eigenvalue weighted by molar-refractivity contribution is 6.00. The highest BCUT2D eigenvalue weighted by Crippen LogP contribution is 2.42. The average Bonchev–Trinajstić information content (AvgIpc) is 2.95. The monoisotopic (exact) mass is 395 g/mol. The van der Waals surface area contributed by atoms with E-state index >= 15 is 0 Å². The number of fused-ring (bicyclic) bond motifs is 2. The first-order chi connectivity index (χ1) is 14.1. The van der Waals surface area contributed by atoms with Crippen molar-refractivity contribution in [1.82, 2.24) is 20.6 Å². The van der Waals surface area contributed by atoms with E-state index in [1.54, 1.807) is 12.1 Å². The number of hydrogen-bond acceptors (Lipinski definition) is 7. The molecule has 0 radical (unpaired) electrons. The molecular formula is C20H25N7O2. The second kappa shape index (κ2) is 6.84. The van der Waals surface area contributed by atoms with Crippen LogP contribution in [-0.4, -0.2) is 35.0 Å². The van der Waals surface area contributed by atoms with Crippen LogP contribution in [0.4, 0.5) is 17.5 Å². The smallest absolute Gasteiger partial charge is 0.284 e. The molecule has 0 aromatic carbocycles. The van der Waals surface area contributed by atoms with E-state index in [0.717, 1.165) is 55.5 Å². The topological polar surface area (TPSA) is 118 Å². The molecular weight excluding hydrogens is 370 g/mol. The molecule has 3 aliphatic rings. The molecule has 2 aliphatic heterocycles. The van der Waals surface area contributed by atoms with E-state index in [1.807, 2.05) is 6.92 Å². The van der Waals surface area contributed by atoms with Gasteiger partial charge in [-0.25, -0.2) is 15.0 Å². The van der Waals surface area contributed by atoms with Crippen molar-refractivity contribution in [1.29, 1.82) is 0 Å². The van der Waals surface area contributed by atoms with Crippen molar-refractivity contribution < 1.29 is 9.52 Å². The van der Waals surface area contributed by atoms with Gasteiger partial charge in [-0.05, 0) is 25.3 Å². The zero-order valence-electron chi connectivity index (χ0n) is 16.4. The second-order valence-corrected chi connectivity index (χ2v) is 8.24. The number of hydrogen-bond donors (Lipinski definition) is 4. The summed E-state index contributed by atoms with van der Waals surface area (Å²) in [5.74, 6) is 1.48. The first-order valence-electron chi connectivity index (χ1n) is 10.2. The van der Waals surface area contributed by atoms with Crippen LogP contribution in [0.25, 0.3) is 0 Å².